The Balaban J connectivity index is 2.62. The monoisotopic (exact) mass is 181 g/mol. The van der Waals surface area contributed by atoms with Gasteiger partial charge >= 0.3 is 0 Å². The first-order chi connectivity index (χ1) is 6.15. The first kappa shape index (κ1) is 10.1. The van der Waals surface area contributed by atoms with Gasteiger partial charge < -0.3 is 5.32 Å². The molecule has 74 valence electrons. The van der Waals surface area contributed by atoms with E-state index in [4.69, 9.17) is 0 Å². The summed E-state index contributed by atoms with van der Waals surface area (Å²) in [5.74, 6) is 0. The molecule has 1 unspecified atom stereocenters. The molecule has 1 aromatic rings. The van der Waals surface area contributed by atoms with Crippen molar-refractivity contribution in [1.82, 2.24) is 10.2 Å². The third-order valence-electron chi connectivity index (χ3n) is 2.24. The number of rotatable bonds is 4. The molecule has 0 fully saturated rings. The molecule has 0 saturated carbocycles. The first-order valence-corrected chi connectivity index (χ1v) is 4.93. The van der Waals surface area contributed by atoms with Crippen LogP contribution in [0.5, 0.6) is 0 Å². The van der Waals surface area contributed by atoms with Gasteiger partial charge in [-0.15, -0.1) is 0 Å². The Kier molecular flexibility index (Phi) is 3.34. The maximum absolute atomic E-state index is 4.14. The van der Waals surface area contributed by atoms with Crippen LogP contribution in [0.25, 0.3) is 0 Å². The summed E-state index contributed by atoms with van der Waals surface area (Å²) in [5, 5.41) is 10.6. The van der Waals surface area contributed by atoms with Gasteiger partial charge in [0.25, 0.3) is 0 Å². The van der Waals surface area contributed by atoms with Crippen LogP contribution in [0.3, 0.4) is 0 Å². The minimum absolute atomic E-state index is 0.528. The van der Waals surface area contributed by atoms with Crippen LogP contribution >= 0.6 is 0 Å². The maximum atomic E-state index is 4.14. The second-order valence-electron chi connectivity index (χ2n) is 3.64. The number of aryl methyl sites for hydroxylation is 2. The van der Waals surface area contributed by atoms with E-state index in [1.807, 2.05) is 13.8 Å². The molecule has 0 radical (unpaired) electrons. The lowest BCUT2D eigenvalue weighted by atomic mass is 10.2. The van der Waals surface area contributed by atoms with Crippen molar-refractivity contribution in [2.45, 2.75) is 46.6 Å². The van der Waals surface area contributed by atoms with E-state index >= 15 is 0 Å². The molecule has 0 saturated heterocycles. The summed E-state index contributed by atoms with van der Waals surface area (Å²) >= 11 is 0. The van der Waals surface area contributed by atoms with E-state index in [9.17, 15) is 0 Å². The summed E-state index contributed by atoms with van der Waals surface area (Å²) in [4.78, 5) is 0. The molecule has 0 aromatic carbocycles. The molecule has 2 N–H and O–H groups in total. The molecule has 0 aliphatic carbocycles. The number of H-pyrrole nitrogens is 1. The number of aromatic nitrogens is 2. The standard InChI is InChI=1S/C10H19N3/c1-5-6-7(2)11-10-8(3)12-13-9(10)4/h7,11H,5-6H2,1-4H3,(H,12,13). The summed E-state index contributed by atoms with van der Waals surface area (Å²) < 4.78 is 0. The van der Waals surface area contributed by atoms with Crippen molar-refractivity contribution < 1.29 is 0 Å². The van der Waals surface area contributed by atoms with Crippen molar-refractivity contribution in [3.05, 3.63) is 11.4 Å². The molecule has 1 aromatic heterocycles. The SMILES string of the molecule is CCCC(C)Nc1c(C)n[nH]c1C. The van der Waals surface area contributed by atoms with Crippen LogP contribution in [0.2, 0.25) is 0 Å². The minimum Gasteiger partial charge on any atom is -0.380 e. The molecule has 3 nitrogen and oxygen atoms in total. The van der Waals surface area contributed by atoms with E-state index in [-0.39, 0.29) is 0 Å². The highest BCUT2D eigenvalue weighted by atomic mass is 15.2. The fraction of sp³-hybridized carbons (Fsp3) is 0.700. The Morgan fingerprint density at radius 2 is 2.15 bits per heavy atom. The molecule has 0 spiro atoms. The average Bonchev–Trinajstić information content (AvgIpc) is 2.36. The molecule has 3 heteroatoms. The van der Waals surface area contributed by atoms with E-state index in [0.717, 1.165) is 11.4 Å². The molecule has 0 bridgehead atoms. The van der Waals surface area contributed by atoms with Crippen molar-refractivity contribution in [3.8, 4) is 0 Å². The molecule has 1 atom stereocenters. The highest BCUT2D eigenvalue weighted by molar-refractivity contribution is 5.51. The Labute approximate surface area is 79.9 Å². The predicted molar refractivity (Wildman–Crippen MR) is 56.1 cm³/mol. The lowest BCUT2D eigenvalue weighted by Gasteiger charge is -2.13. The van der Waals surface area contributed by atoms with Gasteiger partial charge in [0.05, 0.1) is 17.1 Å². The summed E-state index contributed by atoms with van der Waals surface area (Å²) in [5.41, 5.74) is 3.35. The zero-order valence-corrected chi connectivity index (χ0v) is 8.94. The summed E-state index contributed by atoms with van der Waals surface area (Å²) in [6.45, 7) is 8.47. The van der Waals surface area contributed by atoms with Gasteiger partial charge in [-0.1, -0.05) is 13.3 Å². The Morgan fingerprint density at radius 3 is 2.62 bits per heavy atom. The Bertz CT molecular complexity index is 246. The van der Waals surface area contributed by atoms with Crippen LogP contribution < -0.4 is 5.32 Å². The Hall–Kier alpha value is -0.990. The zero-order valence-electron chi connectivity index (χ0n) is 8.94. The molecule has 1 heterocycles. The van der Waals surface area contributed by atoms with Gasteiger partial charge in [-0.2, -0.15) is 5.10 Å². The summed E-state index contributed by atoms with van der Waals surface area (Å²) in [7, 11) is 0. The van der Waals surface area contributed by atoms with Crippen LogP contribution in [0.1, 0.15) is 38.1 Å². The quantitative estimate of drug-likeness (QED) is 0.749. The Morgan fingerprint density at radius 1 is 1.46 bits per heavy atom. The molecule has 0 aliphatic rings. The van der Waals surface area contributed by atoms with Gasteiger partial charge in [-0.3, -0.25) is 5.10 Å². The number of anilines is 1. The fourth-order valence-corrected chi connectivity index (χ4v) is 1.52. The van der Waals surface area contributed by atoms with Gasteiger partial charge in [0.15, 0.2) is 0 Å². The molecular weight excluding hydrogens is 162 g/mol. The lowest BCUT2D eigenvalue weighted by Crippen LogP contribution is -2.15. The van der Waals surface area contributed by atoms with Crippen LogP contribution in [-0.2, 0) is 0 Å². The van der Waals surface area contributed by atoms with Gasteiger partial charge in [0.2, 0.25) is 0 Å². The van der Waals surface area contributed by atoms with Crippen molar-refractivity contribution in [3.63, 3.8) is 0 Å². The van der Waals surface area contributed by atoms with Crippen molar-refractivity contribution in [2.24, 2.45) is 0 Å². The molecule has 0 aliphatic heterocycles. The van der Waals surface area contributed by atoms with E-state index in [2.05, 4.69) is 29.4 Å². The predicted octanol–water partition coefficient (Wildman–Crippen LogP) is 2.63. The minimum atomic E-state index is 0.528. The topological polar surface area (TPSA) is 40.7 Å². The smallest absolute Gasteiger partial charge is 0.0825 e. The lowest BCUT2D eigenvalue weighted by molar-refractivity contribution is 0.689. The second kappa shape index (κ2) is 4.30. The normalized spacial score (nSPS) is 12.9. The van der Waals surface area contributed by atoms with Gasteiger partial charge in [-0.25, -0.2) is 0 Å². The second-order valence-corrected chi connectivity index (χ2v) is 3.64. The van der Waals surface area contributed by atoms with Gasteiger partial charge in [0.1, 0.15) is 0 Å². The highest BCUT2D eigenvalue weighted by Gasteiger charge is 2.08. The van der Waals surface area contributed by atoms with E-state index < -0.39 is 0 Å². The largest absolute Gasteiger partial charge is 0.380 e. The first-order valence-electron chi connectivity index (χ1n) is 4.93. The molecule has 1 rings (SSSR count). The summed E-state index contributed by atoms with van der Waals surface area (Å²) in [6, 6.07) is 0.528. The van der Waals surface area contributed by atoms with E-state index in [0.29, 0.717) is 6.04 Å². The van der Waals surface area contributed by atoms with Crippen molar-refractivity contribution in [1.29, 1.82) is 0 Å². The maximum Gasteiger partial charge on any atom is 0.0825 e. The number of aromatic amines is 1. The molecule has 13 heavy (non-hydrogen) atoms. The summed E-state index contributed by atoms with van der Waals surface area (Å²) in [6.07, 6.45) is 2.41. The van der Waals surface area contributed by atoms with Crippen LogP contribution in [0.4, 0.5) is 5.69 Å². The number of hydrogen-bond donors (Lipinski definition) is 2. The van der Waals surface area contributed by atoms with E-state index in [1.54, 1.807) is 0 Å². The van der Waals surface area contributed by atoms with Crippen molar-refractivity contribution in [2.75, 3.05) is 5.32 Å². The number of nitrogens with zero attached hydrogens (tertiary/aromatic N) is 1. The van der Waals surface area contributed by atoms with Crippen LogP contribution in [-0.4, -0.2) is 16.2 Å². The van der Waals surface area contributed by atoms with Crippen molar-refractivity contribution >= 4 is 5.69 Å². The van der Waals surface area contributed by atoms with Gasteiger partial charge in [-0.05, 0) is 27.2 Å². The number of hydrogen-bond acceptors (Lipinski definition) is 2. The van der Waals surface area contributed by atoms with Gasteiger partial charge in [0, 0.05) is 6.04 Å². The van der Waals surface area contributed by atoms with Crippen LogP contribution in [0, 0.1) is 13.8 Å². The highest BCUT2D eigenvalue weighted by Crippen LogP contribution is 2.17. The average molecular weight is 181 g/mol. The third kappa shape index (κ3) is 2.47. The molecular formula is C10H19N3. The third-order valence-corrected chi connectivity index (χ3v) is 2.24. The van der Waals surface area contributed by atoms with E-state index in [1.165, 1.54) is 18.5 Å². The number of nitrogens with one attached hydrogen (secondary N) is 2. The fourth-order valence-electron chi connectivity index (χ4n) is 1.52. The molecule has 0 amide bonds. The zero-order chi connectivity index (χ0) is 9.84. The van der Waals surface area contributed by atoms with Crippen LogP contribution in [0.15, 0.2) is 0 Å².